The smallest absolute Gasteiger partial charge is 0.253 e. The summed E-state index contributed by atoms with van der Waals surface area (Å²) in [5.74, 6) is 0.675. The van der Waals surface area contributed by atoms with Gasteiger partial charge in [0.05, 0.1) is 0 Å². The average Bonchev–Trinajstić information content (AvgIpc) is 3.19. The second kappa shape index (κ2) is 7.03. The summed E-state index contributed by atoms with van der Waals surface area (Å²) >= 11 is 0. The van der Waals surface area contributed by atoms with Crippen LogP contribution in [0.15, 0.2) is 33.9 Å². The second-order valence-corrected chi connectivity index (χ2v) is 7.62. The quantitative estimate of drug-likeness (QED) is 0.792. The van der Waals surface area contributed by atoms with Gasteiger partial charge in [-0.15, -0.1) is 0 Å². The van der Waals surface area contributed by atoms with Crippen molar-refractivity contribution in [2.75, 3.05) is 10.6 Å². The van der Waals surface area contributed by atoms with Crippen LogP contribution in [-0.2, 0) is 0 Å². The Morgan fingerprint density at radius 1 is 0.720 bits per heavy atom. The Hall–Kier alpha value is -2.10. The van der Waals surface area contributed by atoms with Crippen LogP contribution in [0.2, 0.25) is 0 Å². The highest BCUT2D eigenvalue weighted by atomic mass is 16.2. The molecule has 0 spiro atoms. The summed E-state index contributed by atoms with van der Waals surface area (Å²) < 4.78 is 0. The van der Waals surface area contributed by atoms with Crippen molar-refractivity contribution < 1.29 is 0 Å². The summed E-state index contributed by atoms with van der Waals surface area (Å²) in [6.07, 6.45) is 11.1. The molecule has 0 amide bonds. The van der Waals surface area contributed by atoms with Gasteiger partial charge >= 0.3 is 0 Å². The zero-order chi connectivity index (χ0) is 17.2. The minimum absolute atomic E-state index is 0.331. The molecule has 0 aromatic heterocycles. The van der Waals surface area contributed by atoms with Crippen molar-refractivity contribution in [1.29, 1.82) is 0 Å². The molecule has 4 nitrogen and oxygen atoms in total. The number of hydrogen-bond donors (Lipinski definition) is 2. The number of nitrogens with one attached hydrogen (secondary N) is 2. The van der Waals surface area contributed by atoms with E-state index in [1.54, 1.807) is 0 Å². The van der Waals surface area contributed by atoms with Crippen LogP contribution in [0, 0.1) is 0 Å². The van der Waals surface area contributed by atoms with E-state index < -0.39 is 5.43 Å². The van der Waals surface area contributed by atoms with E-state index in [2.05, 4.69) is 22.8 Å². The Bertz CT molecular complexity index is 790. The topological polar surface area (TPSA) is 58.2 Å². The lowest BCUT2D eigenvalue weighted by molar-refractivity contribution is 0.443. The van der Waals surface area contributed by atoms with Crippen molar-refractivity contribution in [2.24, 2.45) is 0 Å². The van der Waals surface area contributed by atoms with Crippen LogP contribution in [0.3, 0.4) is 0 Å². The second-order valence-electron chi connectivity index (χ2n) is 7.62. The Morgan fingerprint density at radius 3 is 2.00 bits per heavy atom. The van der Waals surface area contributed by atoms with Crippen LogP contribution < -0.4 is 21.5 Å². The van der Waals surface area contributed by atoms with Crippen LogP contribution in [0.4, 0.5) is 17.1 Å². The largest absolute Gasteiger partial charge is 0.377 e. The van der Waals surface area contributed by atoms with E-state index in [0.717, 1.165) is 18.5 Å². The molecule has 0 unspecified atom stereocenters. The molecule has 25 heavy (non-hydrogen) atoms. The molecule has 2 fully saturated rings. The Labute approximate surface area is 148 Å². The molecule has 2 aromatic rings. The maximum Gasteiger partial charge on any atom is 0.253 e. The zero-order valence-corrected chi connectivity index (χ0v) is 14.6. The highest BCUT2D eigenvalue weighted by Crippen LogP contribution is 2.33. The molecule has 2 aliphatic rings. The van der Waals surface area contributed by atoms with Crippen molar-refractivity contribution in [3.05, 3.63) is 50.3 Å². The number of benzene rings is 1. The maximum atomic E-state index is 12.0. The van der Waals surface area contributed by atoms with Gasteiger partial charge < -0.3 is 10.6 Å². The lowest BCUT2D eigenvalue weighted by atomic mass is 9.84. The van der Waals surface area contributed by atoms with Crippen LogP contribution >= 0.6 is 0 Å². The van der Waals surface area contributed by atoms with Gasteiger partial charge in [0, 0.05) is 11.7 Å². The van der Waals surface area contributed by atoms with Crippen molar-refractivity contribution in [3.8, 4) is 0 Å². The summed E-state index contributed by atoms with van der Waals surface area (Å²) in [4.78, 5) is 23.9. The molecule has 0 saturated heterocycles. The van der Waals surface area contributed by atoms with E-state index in [9.17, 15) is 9.59 Å². The lowest BCUT2D eigenvalue weighted by Crippen LogP contribution is -2.38. The molecular formula is C21H26N2O2. The number of hydrogen-bond acceptors (Lipinski definition) is 4. The molecule has 0 heterocycles. The van der Waals surface area contributed by atoms with Crippen LogP contribution in [0.25, 0.3) is 0 Å². The number of anilines is 3. The Balaban J connectivity index is 1.46. The highest BCUT2D eigenvalue weighted by molar-refractivity contribution is 5.79. The average molecular weight is 338 g/mol. The Morgan fingerprint density at radius 2 is 1.32 bits per heavy atom. The molecule has 4 heteroatoms. The number of rotatable bonds is 5. The van der Waals surface area contributed by atoms with Gasteiger partial charge in [-0.1, -0.05) is 44.2 Å². The van der Waals surface area contributed by atoms with Crippen LogP contribution in [0.5, 0.6) is 0 Å². The normalized spacial score (nSPS) is 19.4. The highest BCUT2D eigenvalue weighted by Gasteiger charge is 2.25. The third kappa shape index (κ3) is 3.35. The van der Waals surface area contributed by atoms with E-state index in [1.165, 1.54) is 50.5 Å². The van der Waals surface area contributed by atoms with Crippen molar-refractivity contribution in [3.63, 3.8) is 0 Å². The third-order valence-electron chi connectivity index (χ3n) is 5.87. The molecule has 0 bridgehead atoms. The monoisotopic (exact) mass is 338 g/mol. The molecule has 4 rings (SSSR count). The van der Waals surface area contributed by atoms with Gasteiger partial charge in [0.25, 0.3) is 10.9 Å². The first-order valence-corrected chi connectivity index (χ1v) is 9.69. The molecule has 132 valence electrons. The molecular weight excluding hydrogens is 312 g/mol. The lowest BCUT2D eigenvalue weighted by Gasteiger charge is -2.22. The van der Waals surface area contributed by atoms with Crippen molar-refractivity contribution in [1.82, 2.24) is 0 Å². The SMILES string of the molecule is O=c1c(Nc2ccc(C3CCCCC3)cc2)c(NC2CCCC2)c1=O. The summed E-state index contributed by atoms with van der Waals surface area (Å²) in [6.45, 7) is 0. The first kappa shape index (κ1) is 16.4. The van der Waals surface area contributed by atoms with E-state index in [1.807, 2.05) is 12.1 Å². The minimum Gasteiger partial charge on any atom is -0.377 e. The fourth-order valence-corrected chi connectivity index (χ4v) is 4.34. The van der Waals surface area contributed by atoms with Gasteiger partial charge in [-0.25, -0.2) is 0 Å². The van der Waals surface area contributed by atoms with Gasteiger partial charge in [-0.2, -0.15) is 0 Å². The summed E-state index contributed by atoms with van der Waals surface area (Å²) in [5.41, 5.74) is 2.39. The van der Waals surface area contributed by atoms with Gasteiger partial charge in [-0.3, -0.25) is 9.59 Å². The molecule has 0 radical (unpaired) electrons. The zero-order valence-electron chi connectivity index (χ0n) is 14.6. The molecule has 2 aliphatic carbocycles. The summed E-state index contributed by atoms with van der Waals surface area (Å²) in [7, 11) is 0. The van der Waals surface area contributed by atoms with E-state index in [4.69, 9.17) is 0 Å². The van der Waals surface area contributed by atoms with Gasteiger partial charge in [-0.05, 0) is 49.3 Å². The van der Waals surface area contributed by atoms with Gasteiger partial charge in [0.2, 0.25) is 0 Å². The summed E-state index contributed by atoms with van der Waals surface area (Å²) in [6, 6.07) is 8.71. The molecule has 2 aromatic carbocycles. The van der Waals surface area contributed by atoms with Crippen molar-refractivity contribution in [2.45, 2.75) is 69.7 Å². The van der Waals surface area contributed by atoms with E-state index in [-0.39, 0.29) is 5.43 Å². The van der Waals surface area contributed by atoms with E-state index in [0.29, 0.717) is 23.3 Å². The third-order valence-corrected chi connectivity index (χ3v) is 5.87. The molecule has 0 aliphatic heterocycles. The molecule has 2 saturated carbocycles. The van der Waals surface area contributed by atoms with Crippen molar-refractivity contribution >= 4 is 17.1 Å². The molecule has 2 N–H and O–H groups in total. The predicted octanol–water partition coefficient (Wildman–Crippen LogP) is 4.43. The van der Waals surface area contributed by atoms with Crippen LogP contribution in [-0.4, -0.2) is 6.04 Å². The summed E-state index contributed by atoms with van der Waals surface area (Å²) in [5, 5.41) is 6.44. The fourth-order valence-electron chi connectivity index (χ4n) is 4.34. The maximum absolute atomic E-state index is 12.0. The predicted molar refractivity (Wildman–Crippen MR) is 103 cm³/mol. The van der Waals surface area contributed by atoms with Gasteiger partial charge in [0.15, 0.2) is 0 Å². The first-order valence-electron chi connectivity index (χ1n) is 9.69. The van der Waals surface area contributed by atoms with E-state index >= 15 is 0 Å². The Kier molecular flexibility index (Phi) is 4.60. The fraction of sp³-hybridized carbons (Fsp3) is 0.524. The molecule has 0 atom stereocenters. The van der Waals surface area contributed by atoms with Gasteiger partial charge in [0.1, 0.15) is 11.4 Å². The minimum atomic E-state index is -0.406. The first-order chi connectivity index (χ1) is 12.2. The van der Waals surface area contributed by atoms with Crippen LogP contribution in [0.1, 0.15) is 69.3 Å². The standard InChI is InChI=1S/C21H26N2O2/c24-20-18(22-16-8-4-5-9-16)19(21(20)25)23-17-12-10-15(11-13-17)14-6-2-1-3-7-14/h10-14,16,22-23H,1-9H2.